The highest BCUT2D eigenvalue weighted by Gasteiger charge is 2.32. The molecule has 6 nitrogen and oxygen atoms in total. The first-order chi connectivity index (χ1) is 13.5. The summed E-state index contributed by atoms with van der Waals surface area (Å²) in [6.45, 7) is 3.32. The molecule has 0 bridgehead atoms. The standard InChI is InChI=1S/C21H24ClN3O3/c1-2-14-13-25(21(28)16-6-8-23-19(22)10-16)9-7-15(14)11-20(27)24-17-4-3-5-18(26)12-17/h3-6,8,10,12,14-15,26H,2,7,9,11,13H2,1H3,(H,24,27)/t14-,15-/m0/s1. The largest absolute Gasteiger partial charge is 0.508 e. The van der Waals surface area contributed by atoms with Crippen LogP contribution in [0.3, 0.4) is 0 Å². The van der Waals surface area contributed by atoms with Gasteiger partial charge in [-0.05, 0) is 42.5 Å². The van der Waals surface area contributed by atoms with Crippen LogP contribution >= 0.6 is 11.6 Å². The number of rotatable bonds is 5. The molecule has 7 heteroatoms. The summed E-state index contributed by atoms with van der Waals surface area (Å²) in [6.07, 6.45) is 3.60. The highest BCUT2D eigenvalue weighted by Crippen LogP contribution is 2.30. The molecule has 28 heavy (non-hydrogen) atoms. The van der Waals surface area contributed by atoms with E-state index in [-0.39, 0.29) is 29.4 Å². The van der Waals surface area contributed by atoms with Gasteiger partial charge in [0.05, 0.1) is 0 Å². The lowest BCUT2D eigenvalue weighted by Gasteiger charge is -2.38. The molecule has 2 aromatic rings. The average molecular weight is 402 g/mol. The van der Waals surface area contributed by atoms with Crippen molar-refractivity contribution in [3.8, 4) is 5.75 Å². The van der Waals surface area contributed by atoms with E-state index >= 15 is 0 Å². The molecular formula is C21H24ClN3O3. The number of nitrogens with zero attached hydrogens (tertiary/aromatic N) is 2. The molecule has 0 radical (unpaired) electrons. The van der Waals surface area contributed by atoms with Crippen LogP contribution in [0, 0.1) is 11.8 Å². The summed E-state index contributed by atoms with van der Waals surface area (Å²) in [6, 6.07) is 9.77. The van der Waals surface area contributed by atoms with Crippen molar-refractivity contribution in [1.82, 2.24) is 9.88 Å². The van der Waals surface area contributed by atoms with Crippen LogP contribution in [0.25, 0.3) is 0 Å². The molecule has 0 spiro atoms. The maximum Gasteiger partial charge on any atom is 0.254 e. The van der Waals surface area contributed by atoms with Crippen molar-refractivity contribution >= 4 is 29.1 Å². The van der Waals surface area contributed by atoms with Gasteiger partial charge >= 0.3 is 0 Å². The summed E-state index contributed by atoms with van der Waals surface area (Å²) in [5.41, 5.74) is 1.12. The van der Waals surface area contributed by atoms with Crippen molar-refractivity contribution in [2.45, 2.75) is 26.2 Å². The molecule has 2 heterocycles. The van der Waals surface area contributed by atoms with Crippen LogP contribution in [0.5, 0.6) is 5.75 Å². The van der Waals surface area contributed by atoms with Crippen LogP contribution in [0.1, 0.15) is 36.5 Å². The van der Waals surface area contributed by atoms with Gasteiger partial charge in [0.15, 0.2) is 0 Å². The third-order valence-electron chi connectivity index (χ3n) is 5.25. The van der Waals surface area contributed by atoms with Gasteiger partial charge in [0.2, 0.25) is 5.91 Å². The molecule has 1 aromatic carbocycles. The van der Waals surface area contributed by atoms with E-state index in [4.69, 9.17) is 11.6 Å². The normalized spacial score (nSPS) is 19.3. The van der Waals surface area contributed by atoms with E-state index in [1.54, 1.807) is 30.3 Å². The zero-order chi connectivity index (χ0) is 20.1. The molecule has 0 unspecified atom stereocenters. The number of aromatic nitrogens is 1. The fourth-order valence-electron chi connectivity index (χ4n) is 3.75. The van der Waals surface area contributed by atoms with Crippen LogP contribution in [0.4, 0.5) is 5.69 Å². The summed E-state index contributed by atoms with van der Waals surface area (Å²) in [7, 11) is 0. The summed E-state index contributed by atoms with van der Waals surface area (Å²) < 4.78 is 0. The Balaban J connectivity index is 1.59. The molecule has 1 aromatic heterocycles. The number of amides is 2. The Morgan fingerprint density at radius 2 is 2.11 bits per heavy atom. The molecular weight excluding hydrogens is 378 g/mol. The molecule has 1 aliphatic heterocycles. The van der Waals surface area contributed by atoms with Gasteiger partial charge in [0.1, 0.15) is 10.9 Å². The van der Waals surface area contributed by atoms with E-state index in [1.165, 1.54) is 12.3 Å². The molecule has 3 rings (SSSR count). The first-order valence-electron chi connectivity index (χ1n) is 9.46. The van der Waals surface area contributed by atoms with E-state index in [0.717, 1.165) is 12.8 Å². The van der Waals surface area contributed by atoms with Gasteiger partial charge in [-0.25, -0.2) is 4.98 Å². The van der Waals surface area contributed by atoms with E-state index in [9.17, 15) is 14.7 Å². The maximum atomic E-state index is 12.8. The number of phenolic OH excluding ortho intramolecular Hbond substituents is 1. The van der Waals surface area contributed by atoms with E-state index in [2.05, 4.69) is 17.2 Å². The van der Waals surface area contributed by atoms with E-state index < -0.39 is 0 Å². The number of pyridine rings is 1. The van der Waals surface area contributed by atoms with Gasteiger partial charge in [0.25, 0.3) is 5.91 Å². The van der Waals surface area contributed by atoms with Crippen LogP contribution in [0.15, 0.2) is 42.6 Å². The second kappa shape index (κ2) is 9.06. The minimum Gasteiger partial charge on any atom is -0.508 e. The van der Waals surface area contributed by atoms with Crippen LogP contribution in [0.2, 0.25) is 5.15 Å². The SMILES string of the molecule is CC[C@H]1CN(C(=O)c2ccnc(Cl)c2)CC[C@H]1CC(=O)Nc1cccc(O)c1. The number of anilines is 1. The molecule has 0 saturated carbocycles. The Kier molecular flexibility index (Phi) is 6.52. The van der Waals surface area contributed by atoms with Gasteiger partial charge in [-0.1, -0.05) is 31.0 Å². The molecule has 148 valence electrons. The minimum atomic E-state index is -0.0743. The van der Waals surface area contributed by atoms with E-state index in [0.29, 0.717) is 35.9 Å². The number of likely N-dealkylation sites (tertiary alicyclic amines) is 1. The van der Waals surface area contributed by atoms with Crippen LogP contribution in [-0.4, -0.2) is 39.9 Å². The monoisotopic (exact) mass is 401 g/mol. The van der Waals surface area contributed by atoms with Gasteiger partial charge in [-0.3, -0.25) is 9.59 Å². The molecule has 2 N–H and O–H groups in total. The number of phenols is 1. The minimum absolute atomic E-state index is 0.0505. The van der Waals surface area contributed by atoms with Crippen LogP contribution < -0.4 is 5.32 Å². The van der Waals surface area contributed by atoms with Crippen molar-refractivity contribution in [3.05, 3.63) is 53.3 Å². The lowest BCUT2D eigenvalue weighted by atomic mass is 9.81. The Hall–Kier alpha value is -2.60. The quantitative estimate of drug-likeness (QED) is 0.743. The molecule has 1 aliphatic rings. The molecule has 0 aliphatic carbocycles. The van der Waals surface area contributed by atoms with Crippen molar-refractivity contribution in [2.24, 2.45) is 11.8 Å². The highest BCUT2D eigenvalue weighted by atomic mass is 35.5. The van der Waals surface area contributed by atoms with Crippen LogP contribution in [-0.2, 0) is 4.79 Å². The second-order valence-corrected chi connectivity index (χ2v) is 7.53. The number of aromatic hydroxyl groups is 1. The molecule has 1 fully saturated rings. The van der Waals surface area contributed by atoms with Crippen molar-refractivity contribution in [1.29, 1.82) is 0 Å². The summed E-state index contributed by atoms with van der Waals surface area (Å²) in [5, 5.41) is 12.7. The average Bonchev–Trinajstić information content (AvgIpc) is 2.67. The third-order valence-corrected chi connectivity index (χ3v) is 5.46. The van der Waals surface area contributed by atoms with Crippen molar-refractivity contribution in [2.75, 3.05) is 18.4 Å². The number of carbonyl (C=O) groups is 2. The fraction of sp³-hybridized carbons (Fsp3) is 0.381. The smallest absolute Gasteiger partial charge is 0.254 e. The zero-order valence-electron chi connectivity index (χ0n) is 15.8. The molecule has 2 amide bonds. The van der Waals surface area contributed by atoms with Gasteiger partial charge < -0.3 is 15.3 Å². The zero-order valence-corrected chi connectivity index (χ0v) is 16.5. The number of piperidine rings is 1. The van der Waals surface area contributed by atoms with Gasteiger partial charge in [-0.2, -0.15) is 0 Å². The lowest BCUT2D eigenvalue weighted by Crippen LogP contribution is -2.44. The summed E-state index contributed by atoms with van der Waals surface area (Å²) in [5.74, 6) is 0.463. The Labute approximate surface area is 169 Å². The highest BCUT2D eigenvalue weighted by molar-refractivity contribution is 6.29. The van der Waals surface area contributed by atoms with Crippen molar-refractivity contribution in [3.63, 3.8) is 0 Å². The first-order valence-corrected chi connectivity index (χ1v) is 9.83. The topological polar surface area (TPSA) is 82.5 Å². The number of halogens is 1. The fourth-order valence-corrected chi connectivity index (χ4v) is 3.92. The first kappa shape index (κ1) is 20.1. The second-order valence-electron chi connectivity index (χ2n) is 7.14. The predicted octanol–water partition coefficient (Wildman–Crippen LogP) is 3.96. The summed E-state index contributed by atoms with van der Waals surface area (Å²) in [4.78, 5) is 30.9. The number of nitrogens with one attached hydrogen (secondary N) is 1. The number of hydrogen-bond donors (Lipinski definition) is 2. The number of carbonyl (C=O) groups excluding carboxylic acids is 2. The lowest BCUT2D eigenvalue weighted by molar-refractivity contribution is -0.117. The molecule has 2 atom stereocenters. The molecule has 1 saturated heterocycles. The van der Waals surface area contributed by atoms with Gasteiger partial charge in [0, 0.05) is 43.0 Å². The number of hydrogen-bond acceptors (Lipinski definition) is 4. The number of benzene rings is 1. The third kappa shape index (κ3) is 5.01. The Bertz CT molecular complexity index is 858. The maximum absolute atomic E-state index is 12.8. The van der Waals surface area contributed by atoms with Crippen molar-refractivity contribution < 1.29 is 14.7 Å². The summed E-state index contributed by atoms with van der Waals surface area (Å²) >= 11 is 5.90. The Morgan fingerprint density at radius 3 is 2.82 bits per heavy atom. The Morgan fingerprint density at radius 1 is 1.29 bits per heavy atom. The van der Waals surface area contributed by atoms with E-state index in [1.807, 2.05) is 4.90 Å². The van der Waals surface area contributed by atoms with Gasteiger partial charge in [-0.15, -0.1) is 0 Å². The predicted molar refractivity (Wildman–Crippen MR) is 108 cm³/mol.